The number of benzene rings is 1. The van der Waals surface area contributed by atoms with Gasteiger partial charge in [-0.3, -0.25) is 9.59 Å². The number of hydrogen-bond donors (Lipinski definition) is 4. The summed E-state index contributed by atoms with van der Waals surface area (Å²) in [5.41, 5.74) is 1.06. The Morgan fingerprint density at radius 1 is 1.09 bits per heavy atom. The molecule has 0 radical (unpaired) electrons. The number of carbonyl (C=O) groups excluding carboxylic acids is 2. The van der Waals surface area contributed by atoms with Gasteiger partial charge in [0.15, 0.2) is 0 Å². The number of hydrogen-bond acceptors (Lipinski definition) is 4. The molecule has 1 saturated carbocycles. The minimum absolute atomic E-state index is 0.184. The average Bonchev–Trinajstić information content (AvgIpc) is 2.77. The van der Waals surface area contributed by atoms with Gasteiger partial charge in [-0.15, -0.1) is 0 Å². The van der Waals surface area contributed by atoms with Crippen LogP contribution in [0.2, 0.25) is 0 Å². The first-order valence-corrected chi connectivity index (χ1v) is 13.6. The van der Waals surface area contributed by atoms with Crippen molar-refractivity contribution in [3.05, 3.63) is 35.9 Å². The Labute approximate surface area is 198 Å². The van der Waals surface area contributed by atoms with Crippen molar-refractivity contribution >= 4 is 19.8 Å². The maximum absolute atomic E-state index is 13.2. The molecule has 2 rings (SSSR count). The summed E-state index contributed by atoms with van der Waals surface area (Å²) in [6.07, 6.45) is 6.09. The third kappa shape index (κ3) is 10.8. The summed E-state index contributed by atoms with van der Waals surface area (Å²) in [5, 5.41) is 16.3. The monoisotopic (exact) mass is 479 g/mol. The predicted molar refractivity (Wildman–Crippen MR) is 130 cm³/mol. The highest BCUT2D eigenvalue weighted by Crippen LogP contribution is 2.29. The fourth-order valence-electron chi connectivity index (χ4n) is 4.54. The highest BCUT2D eigenvalue weighted by molar-refractivity contribution is 7.38. The van der Waals surface area contributed by atoms with Crippen molar-refractivity contribution in [1.82, 2.24) is 10.6 Å². The van der Waals surface area contributed by atoms with Crippen LogP contribution in [-0.4, -0.2) is 46.2 Å². The predicted octanol–water partition coefficient (Wildman–Crippen LogP) is 3.70. The second kappa shape index (κ2) is 14.4. The number of aliphatic hydroxyl groups excluding tert-OH is 1. The van der Waals surface area contributed by atoms with Gasteiger partial charge in [0.2, 0.25) is 18.0 Å². The van der Waals surface area contributed by atoms with E-state index < -0.39 is 26.2 Å². The summed E-state index contributed by atoms with van der Waals surface area (Å²) >= 11 is 0. The van der Waals surface area contributed by atoms with Crippen LogP contribution < -0.4 is 10.6 Å². The van der Waals surface area contributed by atoms with Gasteiger partial charge in [-0.1, -0.05) is 76.3 Å². The summed E-state index contributed by atoms with van der Waals surface area (Å²) in [6, 6.07) is 8.40. The van der Waals surface area contributed by atoms with Gasteiger partial charge in [0.25, 0.3) is 0 Å². The summed E-state index contributed by atoms with van der Waals surface area (Å²) in [6.45, 7) is 3.97. The maximum atomic E-state index is 13.2. The van der Waals surface area contributed by atoms with Crippen LogP contribution in [0.4, 0.5) is 0 Å². The van der Waals surface area contributed by atoms with Crippen molar-refractivity contribution in [2.75, 3.05) is 6.16 Å². The number of rotatable bonds is 13. The standard InChI is InChI=1S/C25H39N2O5P/c1-18(2)15-22(26-24(29)14-13-19-9-5-3-6-10-19)25(30)27-21(23(28)17-33(31)32)16-20-11-7-4-8-12-20/h3,5-6,9-10,18,20-23,28H,4,7-8,11-17H2,1-2H3,(H2-,26,27,29,30,31,32)/p+1/t21-,22-,23?/m0/s1. The molecule has 1 fully saturated rings. The van der Waals surface area contributed by atoms with Crippen molar-refractivity contribution in [2.24, 2.45) is 11.8 Å². The topological polar surface area (TPSA) is 116 Å². The molecule has 0 spiro atoms. The van der Waals surface area contributed by atoms with Gasteiger partial charge in [-0.05, 0) is 41.2 Å². The maximum Gasteiger partial charge on any atom is 0.508 e. The van der Waals surface area contributed by atoms with Crippen molar-refractivity contribution in [3.63, 3.8) is 0 Å². The summed E-state index contributed by atoms with van der Waals surface area (Å²) < 4.78 is 11.3. The Kier molecular flexibility index (Phi) is 12.0. The molecule has 7 nitrogen and oxygen atoms in total. The zero-order valence-corrected chi connectivity index (χ0v) is 20.8. The van der Waals surface area contributed by atoms with E-state index in [1.807, 2.05) is 44.2 Å². The highest BCUT2D eigenvalue weighted by Gasteiger charge is 2.33. The summed E-state index contributed by atoms with van der Waals surface area (Å²) in [4.78, 5) is 35.0. The molecule has 1 aromatic carbocycles. The molecule has 0 aliphatic heterocycles. The fraction of sp³-hybridized carbons (Fsp3) is 0.680. The Morgan fingerprint density at radius 2 is 1.76 bits per heavy atom. The molecule has 0 aromatic heterocycles. The lowest BCUT2D eigenvalue weighted by molar-refractivity contribution is -0.130. The third-order valence-corrected chi connectivity index (χ3v) is 6.98. The number of aliphatic hydroxyl groups is 1. The van der Waals surface area contributed by atoms with Crippen LogP contribution in [0.1, 0.15) is 70.8 Å². The van der Waals surface area contributed by atoms with Crippen molar-refractivity contribution in [2.45, 2.75) is 89.8 Å². The lowest BCUT2D eigenvalue weighted by Gasteiger charge is -2.30. The Balaban J connectivity index is 2.01. The van der Waals surface area contributed by atoms with E-state index in [9.17, 15) is 24.2 Å². The van der Waals surface area contributed by atoms with Crippen molar-refractivity contribution in [1.29, 1.82) is 0 Å². The van der Waals surface area contributed by atoms with E-state index in [0.717, 1.165) is 31.2 Å². The molecule has 184 valence electrons. The molecule has 0 heterocycles. The van der Waals surface area contributed by atoms with Crippen LogP contribution in [-0.2, 0) is 20.6 Å². The molecule has 1 aliphatic rings. The van der Waals surface area contributed by atoms with Gasteiger partial charge in [-0.2, -0.15) is 4.89 Å². The molecular weight excluding hydrogens is 439 g/mol. The fourth-order valence-corrected chi connectivity index (χ4v) is 5.11. The van der Waals surface area contributed by atoms with Crippen LogP contribution >= 0.6 is 8.03 Å². The highest BCUT2D eigenvalue weighted by atomic mass is 31.1. The van der Waals surface area contributed by atoms with E-state index in [1.165, 1.54) is 6.42 Å². The van der Waals surface area contributed by atoms with E-state index in [1.54, 1.807) is 0 Å². The van der Waals surface area contributed by atoms with E-state index >= 15 is 0 Å². The largest absolute Gasteiger partial charge is 0.508 e. The molecule has 1 aliphatic carbocycles. The van der Waals surface area contributed by atoms with Gasteiger partial charge in [0, 0.05) is 6.42 Å². The van der Waals surface area contributed by atoms with E-state index in [0.29, 0.717) is 25.2 Å². The van der Waals surface area contributed by atoms with E-state index in [2.05, 4.69) is 10.6 Å². The average molecular weight is 480 g/mol. The van der Waals surface area contributed by atoms with E-state index in [4.69, 9.17) is 0 Å². The number of carbonyl (C=O) groups is 2. The minimum Gasteiger partial charge on any atom is -0.386 e. The quantitative estimate of drug-likeness (QED) is 0.322. The molecule has 4 atom stereocenters. The molecule has 4 N–H and O–H groups in total. The second-order valence-electron chi connectivity index (χ2n) is 9.69. The first kappa shape index (κ1) is 27.4. The Hall–Kier alpha value is -1.82. The van der Waals surface area contributed by atoms with Gasteiger partial charge in [0.05, 0.1) is 6.04 Å². The SMILES string of the molecule is CC(C)C[C@H](NC(=O)CCc1ccccc1)C(=O)N[C@@H](CC1CCCCC1)C(O)C[P+](=O)O. The zero-order chi connectivity index (χ0) is 24.2. The van der Waals surface area contributed by atoms with Gasteiger partial charge in [-0.25, -0.2) is 0 Å². The third-order valence-electron chi connectivity index (χ3n) is 6.29. The second-order valence-corrected chi connectivity index (χ2v) is 10.8. The Morgan fingerprint density at radius 3 is 2.36 bits per heavy atom. The van der Waals surface area contributed by atoms with Gasteiger partial charge >= 0.3 is 8.03 Å². The zero-order valence-electron chi connectivity index (χ0n) is 19.9. The molecular formula is C25H40N2O5P+. The first-order chi connectivity index (χ1) is 15.7. The molecule has 1 aromatic rings. The van der Waals surface area contributed by atoms with Gasteiger partial charge in [0.1, 0.15) is 12.1 Å². The van der Waals surface area contributed by atoms with Crippen LogP contribution in [0.3, 0.4) is 0 Å². The number of nitrogens with one attached hydrogen (secondary N) is 2. The summed E-state index contributed by atoms with van der Waals surface area (Å²) in [5.74, 6) is 0.0235. The summed E-state index contributed by atoms with van der Waals surface area (Å²) in [7, 11) is -2.51. The lowest BCUT2D eigenvalue weighted by Crippen LogP contribution is -2.53. The van der Waals surface area contributed by atoms with Crippen LogP contribution in [0, 0.1) is 11.8 Å². The minimum atomic E-state index is -2.51. The smallest absolute Gasteiger partial charge is 0.386 e. The molecule has 0 saturated heterocycles. The van der Waals surface area contributed by atoms with Gasteiger partial charge < -0.3 is 15.7 Å². The van der Waals surface area contributed by atoms with Crippen LogP contribution in [0.5, 0.6) is 0 Å². The van der Waals surface area contributed by atoms with Crippen LogP contribution in [0.25, 0.3) is 0 Å². The molecule has 2 unspecified atom stereocenters. The first-order valence-electron chi connectivity index (χ1n) is 12.2. The Bertz CT molecular complexity index is 752. The van der Waals surface area contributed by atoms with E-state index in [-0.39, 0.29) is 30.3 Å². The number of aryl methyl sites for hydroxylation is 1. The van der Waals surface area contributed by atoms with Crippen molar-refractivity contribution in [3.8, 4) is 0 Å². The lowest BCUT2D eigenvalue weighted by atomic mass is 9.83. The van der Waals surface area contributed by atoms with Crippen molar-refractivity contribution < 1.29 is 24.2 Å². The molecule has 8 heteroatoms. The molecule has 33 heavy (non-hydrogen) atoms. The number of amides is 2. The molecule has 0 bridgehead atoms. The normalized spacial score (nSPS) is 17.8. The molecule has 2 amide bonds. The van der Waals surface area contributed by atoms with Crippen LogP contribution in [0.15, 0.2) is 30.3 Å².